The van der Waals surface area contributed by atoms with E-state index in [1.807, 2.05) is 20.5 Å². The number of carbonyl (C=O) groups is 2. The molecule has 0 bridgehead atoms. The molecule has 7 nitrogen and oxygen atoms in total. The molecule has 1 fully saturated rings. The third-order valence-corrected chi connectivity index (χ3v) is 4.85. The summed E-state index contributed by atoms with van der Waals surface area (Å²) >= 11 is 0. The molecule has 3 heterocycles. The number of aryl methyl sites for hydroxylation is 1. The lowest BCUT2D eigenvalue weighted by Gasteiger charge is -2.20. The lowest BCUT2D eigenvalue weighted by Crippen LogP contribution is -2.33. The number of amides is 2. The fraction of sp³-hybridized carbons (Fsp3) is 0.722. The van der Waals surface area contributed by atoms with Gasteiger partial charge in [-0.05, 0) is 31.7 Å². The van der Waals surface area contributed by atoms with Crippen molar-refractivity contribution in [2.45, 2.75) is 52.1 Å². The van der Waals surface area contributed by atoms with Crippen LogP contribution < -0.4 is 0 Å². The molecule has 0 radical (unpaired) electrons. The molecule has 0 saturated carbocycles. The molecule has 0 N–H and O–H groups in total. The Morgan fingerprint density at radius 3 is 2.64 bits per heavy atom. The van der Waals surface area contributed by atoms with Crippen molar-refractivity contribution in [3.05, 3.63) is 17.5 Å². The van der Waals surface area contributed by atoms with Gasteiger partial charge in [-0.25, -0.2) is 0 Å². The molecule has 1 aromatic rings. The first kappa shape index (κ1) is 17.9. The van der Waals surface area contributed by atoms with Crippen LogP contribution in [0.15, 0.2) is 6.07 Å². The molecule has 2 aliphatic rings. The van der Waals surface area contributed by atoms with Crippen LogP contribution in [0.2, 0.25) is 0 Å². The Morgan fingerprint density at radius 1 is 1.12 bits per heavy atom. The van der Waals surface area contributed by atoms with Crippen LogP contribution in [0.25, 0.3) is 0 Å². The van der Waals surface area contributed by atoms with Gasteiger partial charge in [0.1, 0.15) is 6.61 Å². The second-order valence-corrected chi connectivity index (χ2v) is 6.82. The summed E-state index contributed by atoms with van der Waals surface area (Å²) in [5, 5.41) is 4.49. The highest BCUT2D eigenvalue weighted by atomic mass is 16.5. The van der Waals surface area contributed by atoms with Crippen LogP contribution in [0.4, 0.5) is 0 Å². The first-order chi connectivity index (χ1) is 12.2. The van der Waals surface area contributed by atoms with Crippen LogP contribution in [0, 0.1) is 0 Å². The molecule has 0 unspecified atom stereocenters. The van der Waals surface area contributed by atoms with Crippen molar-refractivity contribution < 1.29 is 14.3 Å². The van der Waals surface area contributed by atoms with E-state index in [9.17, 15) is 9.59 Å². The van der Waals surface area contributed by atoms with Crippen LogP contribution in [-0.4, -0.2) is 64.2 Å². The number of likely N-dealkylation sites (tertiary alicyclic amines) is 1. The van der Waals surface area contributed by atoms with E-state index < -0.39 is 0 Å². The molecule has 25 heavy (non-hydrogen) atoms. The van der Waals surface area contributed by atoms with Crippen LogP contribution >= 0.6 is 0 Å². The van der Waals surface area contributed by atoms with Gasteiger partial charge in [-0.1, -0.05) is 13.3 Å². The standard InChI is InChI=1S/C18H28N4O3/c1-2-3-11-25-14-17(23)21-9-6-10-22-15(13-21)12-16(19-22)18(24)20-7-4-5-8-20/h12H,2-11,13-14H2,1H3. The molecule has 0 spiro atoms. The molecule has 3 rings (SSSR count). The molecule has 2 amide bonds. The summed E-state index contributed by atoms with van der Waals surface area (Å²) in [5.74, 6) is 0.0250. The molecule has 1 saturated heterocycles. The summed E-state index contributed by atoms with van der Waals surface area (Å²) < 4.78 is 7.34. The van der Waals surface area contributed by atoms with Crippen LogP contribution in [0.5, 0.6) is 0 Å². The molecule has 0 aromatic carbocycles. The predicted octanol–water partition coefficient (Wildman–Crippen LogP) is 1.67. The van der Waals surface area contributed by atoms with Gasteiger partial charge in [-0.15, -0.1) is 0 Å². The molecule has 0 atom stereocenters. The third-order valence-electron chi connectivity index (χ3n) is 4.85. The Balaban J connectivity index is 1.61. The van der Waals surface area contributed by atoms with E-state index in [1.165, 1.54) is 0 Å². The molecule has 138 valence electrons. The topological polar surface area (TPSA) is 67.7 Å². The molecule has 2 aliphatic heterocycles. The molecule has 1 aromatic heterocycles. The van der Waals surface area contributed by atoms with Crippen LogP contribution in [-0.2, 0) is 22.6 Å². The molecule has 0 aliphatic carbocycles. The smallest absolute Gasteiger partial charge is 0.274 e. The zero-order valence-electron chi connectivity index (χ0n) is 15.1. The van der Waals surface area contributed by atoms with Crippen LogP contribution in [0.1, 0.15) is 55.2 Å². The number of fused-ring (bicyclic) bond motifs is 1. The van der Waals surface area contributed by atoms with Gasteiger partial charge in [0.05, 0.1) is 12.2 Å². The molecular formula is C18H28N4O3. The SMILES string of the molecule is CCCCOCC(=O)N1CCCn2nc(C(=O)N3CCCC3)cc2C1. The van der Waals surface area contributed by atoms with E-state index in [0.29, 0.717) is 25.4 Å². The highest BCUT2D eigenvalue weighted by Crippen LogP contribution is 2.17. The van der Waals surface area contributed by atoms with Crippen molar-refractivity contribution in [3.63, 3.8) is 0 Å². The van der Waals surface area contributed by atoms with Crippen molar-refractivity contribution >= 4 is 11.8 Å². The van der Waals surface area contributed by atoms with Gasteiger partial charge in [0.25, 0.3) is 5.91 Å². The highest BCUT2D eigenvalue weighted by molar-refractivity contribution is 5.92. The van der Waals surface area contributed by atoms with E-state index in [0.717, 1.165) is 57.4 Å². The fourth-order valence-electron chi connectivity index (χ4n) is 3.36. The van der Waals surface area contributed by atoms with E-state index in [2.05, 4.69) is 12.0 Å². The van der Waals surface area contributed by atoms with Gasteiger partial charge < -0.3 is 14.5 Å². The maximum atomic E-state index is 12.5. The first-order valence-electron chi connectivity index (χ1n) is 9.40. The number of hydrogen-bond donors (Lipinski definition) is 0. The van der Waals surface area contributed by atoms with E-state index >= 15 is 0 Å². The minimum absolute atomic E-state index is 0.0122. The number of aromatic nitrogens is 2. The quantitative estimate of drug-likeness (QED) is 0.734. The van der Waals surface area contributed by atoms with Crippen LogP contribution in [0.3, 0.4) is 0 Å². The maximum absolute atomic E-state index is 12.5. The van der Waals surface area contributed by atoms with Gasteiger partial charge in [-0.3, -0.25) is 14.3 Å². The predicted molar refractivity (Wildman–Crippen MR) is 93.1 cm³/mol. The van der Waals surface area contributed by atoms with E-state index in [4.69, 9.17) is 4.74 Å². The summed E-state index contributed by atoms with van der Waals surface area (Å²) in [7, 11) is 0. The summed E-state index contributed by atoms with van der Waals surface area (Å²) in [4.78, 5) is 28.6. The third kappa shape index (κ3) is 4.39. The lowest BCUT2D eigenvalue weighted by molar-refractivity contribution is -0.136. The number of unbranched alkanes of at least 4 members (excludes halogenated alkanes) is 1. The number of ether oxygens (including phenoxy) is 1. The van der Waals surface area contributed by atoms with Crippen molar-refractivity contribution in [2.75, 3.05) is 32.8 Å². The van der Waals surface area contributed by atoms with E-state index in [1.54, 1.807) is 0 Å². The number of carbonyl (C=O) groups excluding carboxylic acids is 2. The molecular weight excluding hydrogens is 320 g/mol. The zero-order valence-corrected chi connectivity index (χ0v) is 15.1. The fourth-order valence-corrected chi connectivity index (χ4v) is 3.36. The van der Waals surface area contributed by atoms with Crippen molar-refractivity contribution in [1.29, 1.82) is 0 Å². The minimum atomic E-state index is 0.0122. The Hall–Kier alpha value is -1.89. The van der Waals surface area contributed by atoms with Crippen molar-refractivity contribution in [2.24, 2.45) is 0 Å². The van der Waals surface area contributed by atoms with Crippen molar-refractivity contribution in [1.82, 2.24) is 19.6 Å². The number of nitrogens with zero attached hydrogens (tertiary/aromatic N) is 4. The maximum Gasteiger partial charge on any atom is 0.274 e. The summed E-state index contributed by atoms with van der Waals surface area (Å²) in [5.41, 5.74) is 1.44. The summed E-state index contributed by atoms with van der Waals surface area (Å²) in [6.07, 6.45) is 5.01. The zero-order chi connectivity index (χ0) is 17.6. The average molecular weight is 348 g/mol. The number of hydrogen-bond acceptors (Lipinski definition) is 4. The summed E-state index contributed by atoms with van der Waals surface area (Å²) in [6, 6.07) is 1.85. The van der Waals surface area contributed by atoms with Gasteiger partial charge in [0, 0.05) is 32.8 Å². The highest BCUT2D eigenvalue weighted by Gasteiger charge is 2.25. The Kier molecular flexibility index (Phi) is 6.07. The van der Waals surface area contributed by atoms with Crippen molar-refractivity contribution in [3.8, 4) is 0 Å². The number of rotatable bonds is 6. The van der Waals surface area contributed by atoms with Gasteiger partial charge >= 0.3 is 0 Å². The second-order valence-electron chi connectivity index (χ2n) is 6.82. The lowest BCUT2D eigenvalue weighted by atomic mass is 10.3. The Bertz CT molecular complexity index is 607. The van der Waals surface area contributed by atoms with E-state index in [-0.39, 0.29) is 18.4 Å². The average Bonchev–Trinajstić information content (AvgIpc) is 3.24. The second kappa shape index (κ2) is 8.47. The minimum Gasteiger partial charge on any atom is -0.372 e. The largest absolute Gasteiger partial charge is 0.372 e. The first-order valence-corrected chi connectivity index (χ1v) is 9.40. The Labute approximate surface area is 148 Å². The summed E-state index contributed by atoms with van der Waals surface area (Å²) in [6.45, 7) is 6.44. The van der Waals surface area contributed by atoms with Gasteiger partial charge in [0.2, 0.25) is 5.91 Å². The monoisotopic (exact) mass is 348 g/mol. The van der Waals surface area contributed by atoms with Gasteiger partial charge in [-0.2, -0.15) is 5.10 Å². The Morgan fingerprint density at radius 2 is 1.88 bits per heavy atom. The normalized spacial score (nSPS) is 17.5. The molecule has 7 heteroatoms. The van der Waals surface area contributed by atoms with Gasteiger partial charge in [0.15, 0.2) is 5.69 Å².